The molecule has 0 aromatic heterocycles. The Kier molecular flexibility index (Phi) is 2.64. The topological polar surface area (TPSA) is 58.2 Å². The molecule has 1 saturated heterocycles. The quantitative estimate of drug-likeness (QED) is 0.620. The van der Waals surface area contributed by atoms with Crippen molar-refractivity contribution < 1.29 is 8.42 Å². The van der Waals surface area contributed by atoms with Gasteiger partial charge in [-0.05, 0) is 31.3 Å². The van der Waals surface area contributed by atoms with Crippen molar-refractivity contribution in [3.63, 3.8) is 0 Å². The fourth-order valence-corrected chi connectivity index (χ4v) is 3.46. The third-order valence-electron chi connectivity index (χ3n) is 3.00. The third kappa shape index (κ3) is 1.99. The van der Waals surface area contributed by atoms with Crippen molar-refractivity contribution in [2.24, 2.45) is 11.8 Å². The fraction of sp³-hybridized carbons (Fsp3) is 0.778. The van der Waals surface area contributed by atoms with E-state index in [4.69, 9.17) is 0 Å². The number of sulfonamides is 1. The minimum absolute atomic E-state index is 0.167. The van der Waals surface area contributed by atoms with Gasteiger partial charge in [0.2, 0.25) is 10.0 Å². The van der Waals surface area contributed by atoms with Crippen LogP contribution in [-0.2, 0) is 10.0 Å². The first-order valence-corrected chi connectivity index (χ1v) is 6.61. The molecule has 2 rings (SSSR count). The SMILES string of the molecule is C=CCCS(=O)(=O)NC1C2CNCC21. The Bertz CT molecular complexity index is 316. The fourth-order valence-electron chi connectivity index (χ4n) is 2.10. The minimum Gasteiger partial charge on any atom is -0.316 e. The number of fused-ring (bicyclic) bond motifs is 1. The van der Waals surface area contributed by atoms with E-state index in [9.17, 15) is 8.42 Å². The van der Waals surface area contributed by atoms with E-state index in [1.807, 2.05) is 0 Å². The van der Waals surface area contributed by atoms with Gasteiger partial charge in [-0.3, -0.25) is 0 Å². The van der Waals surface area contributed by atoms with Gasteiger partial charge in [0.25, 0.3) is 0 Å². The summed E-state index contributed by atoms with van der Waals surface area (Å²) in [5, 5.41) is 3.23. The molecule has 2 aliphatic rings. The van der Waals surface area contributed by atoms with Crippen molar-refractivity contribution in [3.8, 4) is 0 Å². The van der Waals surface area contributed by atoms with Crippen LogP contribution >= 0.6 is 0 Å². The van der Waals surface area contributed by atoms with Gasteiger partial charge in [-0.25, -0.2) is 13.1 Å². The number of hydrogen-bond donors (Lipinski definition) is 2. The molecule has 0 radical (unpaired) electrons. The van der Waals surface area contributed by atoms with Gasteiger partial charge < -0.3 is 5.32 Å². The van der Waals surface area contributed by atoms with Crippen molar-refractivity contribution >= 4 is 10.0 Å². The first-order chi connectivity index (χ1) is 6.64. The van der Waals surface area contributed by atoms with E-state index < -0.39 is 10.0 Å². The van der Waals surface area contributed by atoms with Crippen LogP contribution in [0.1, 0.15) is 6.42 Å². The van der Waals surface area contributed by atoms with Gasteiger partial charge in [0, 0.05) is 6.04 Å². The van der Waals surface area contributed by atoms with Gasteiger partial charge in [0.15, 0.2) is 0 Å². The standard InChI is InChI=1S/C9H16N2O2S/c1-2-3-4-14(12,13)11-9-7-5-10-6-8(7)9/h2,7-11H,1,3-6H2. The summed E-state index contributed by atoms with van der Waals surface area (Å²) in [4.78, 5) is 0. The summed E-state index contributed by atoms with van der Waals surface area (Å²) in [6.45, 7) is 5.43. The van der Waals surface area contributed by atoms with E-state index in [2.05, 4.69) is 16.6 Å². The molecule has 0 aromatic rings. The molecule has 2 N–H and O–H groups in total. The van der Waals surface area contributed by atoms with E-state index in [-0.39, 0.29) is 11.8 Å². The van der Waals surface area contributed by atoms with E-state index in [0.29, 0.717) is 18.3 Å². The van der Waals surface area contributed by atoms with E-state index in [1.54, 1.807) is 6.08 Å². The first kappa shape index (κ1) is 10.1. The lowest BCUT2D eigenvalue weighted by atomic mass is 10.4. The zero-order valence-corrected chi connectivity index (χ0v) is 8.89. The predicted molar refractivity (Wildman–Crippen MR) is 55.4 cm³/mol. The summed E-state index contributed by atoms with van der Waals surface area (Å²) in [7, 11) is -3.07. The lowest BCUT2D eigenvalue weighted by Gasteiger charge is -2.07. The summed E-state index contributed by atoms with van der Waals surface area (Å²) in [5.41, 5.74) is 0. The molecule has 1 aliphatic carbocycles. The first-order valence-electron chi connectivity index (χ1n) is 4.95. The average Bonchev–Trinajstić information content (AvgIpc) is 2.64. The maximum atomic E-state index is 11.5. The monoisotopic (exact) mass is 216 g/mol. The van der Waals surface area contributed by atoms with Crippen LogP contribution < -0.4 is 10.0 Å². The molecule has 2 fully saturated rings. The number of piperidine rings is 1. The van der Waals surface area contributed by atoms with E-state index in [0.717, 1.165) is 13.1 Å². The van der Waals surface area contributed by atoms with Crippen molar-refractivity contribution in [2.45, 2.75) is 12.5 Å². The molecule has 80 valence electrons. The van der Waals surface area contributed by atoms with Gasteiger partial charge in [0.05, 0.1) is 5.75 Å². The Morgan fingerprint density at radius 2 is 2.07 bits per heavy atom. The average molecular weight is 216 g/mol. The molecule has 1 aliphatic heterocycles. The van der Waals surface area contributed by atoms with Crippen LogP contribution in [0.4, 0.5) is 0 Å². The minimum atomic E-state index is -3.07. The molecule has 0 aromatic carbocycles. The predicted octanol–water partition coefficient (Wildman–Crippen LogP) is -0.300. The molecule has 5 heteroatoms. The van der Waals surface area contributed by atoms with Crippen LogP contribution in [0.3, 0.4) is 0 Å². The highest BCUT2D eigenvalue weighted by atomic mass is 32.2. The Morgan fingerprint density at radius 1 is 1.43 bits per heavy atom. The second kappa shape index (κ2) is 3.64. The molecule has 2 atom stereocenters. The molecule has 1 saturated carbocycles. The summed E-state index contributed by atoms with van der Waals surface area (Å²) < 4.78 is 25.7. The number of nitrogens with one attached hydrogen (secondary N) is 2. The zero-order chi connectivity index (χ0) is 10.2. The van der Waals surface area contributed by atoms with Crippen LogP contribution in [-0.4, -0.2) is 33.3 Å². The smallest absolute Gasteiger partial charge is 0.212 e. The molecule has 0 amide bonds. The Labute approximate surface area is 84.8 Å². The van der Waals surface area contributed by atoms with Gasteiger partial charge in [0.1, 0.15) is 0 Å². The molecule has 4 nitrogen and oxygen atoms in total. The Balaban J connectivity index is 1.83. The summed E-state index contributed by atoms with van der Waals surface area (Å²) in [6.07, 6.45) is 2.16. The van der Waals surface area contributed by atoms with E-state index in [1.165, 1.54) is 0 Å². The highest BCUT2D eigenvalue weighted by molar-refractivity contribution is 7.89. The van der Waals surface area contributed by atoms with E-state index >= 15 is 0 Å². The van der Waals surface area contributed by atoms with Gasteiger partial charge in [-0.1, -0.05) is 6.08 Å². The van der Waals surface area contributed by atoms with Crippen molar-refractivity contribution in [1.82, 2.24) is 10.0 Å². The Hall–Kier alpha value is -0.390. The van der Waals surface area contributed by atoms with Crippen LogP contribution in [0.25, 0.3) is 0 Å². The summed E-state index contributed by atoms with van der Waals surface area (Å²) in [5.74, 6) is 1.24. The third-order valence-corrected chi connectivity index (χ3v) is 4.40. The lowest BCUT2D eigenvalue weighted by molar-refractivity contribution is 0.565. The number of rotatable bonds is 5. The molecule has 2 unspecified atom stereocenters. The highest BCUT2D eigenvalue weighted by Gasteiger charge is 2.54. The normalized spacial score (nSPS) is 35.3. The maximum absolute atomic E-state index is 11.5. The molecule has 14 heavy (non-hydrogen) atoms. The number of hydrogen-bond acceptors (Lipinski definition) is 3. The molecule has 0 spiro atoms. The van der Waals surface area contributed by atoms with Crippen LogP contribution in [0.2, 0.25) is 0 Å². The van der Waals surface area contributed by atoms with Crippen LogP contribution in [0, 0.1) is 11.8 Å². The van der Waals surface area contributed by atoms with Crippen LogP contribution in [0.15, 0.2) is 12.7 Å². The largest absolute Gasteiger partial charge is 0.316 e. The molecule has 1 heterocycles. The molecular weight excluding hydrogens is 200 g/mol. The summed E-state index contributed by atoms with van der Waals surface area (Å²) in [6, 6.07) is 0.200. The summed E-state index contributed by atoms with van der Waals surface area (Å²) >= 11 is 0. The maximum Gasteiger partial charge on any atom is 0.212 e. The Morgan fingerprint density at radius 3 is 2.64 bits per heavy atom. The van der Waals surface area contributed by atoms with Crippen LogP contribution in [0.5, 0.6) is 0 Å². The number of allylic oxidation sites excluding steroid dienone is 1. The second-order valence-electron chi connectivity index (χ2n) is 4.03. The second-order valence-corrected chi connectivity index (χ2v) is 5.90. The highest BCUT2D eigenvalue weighted by Crippen LogP contribution is 2.41. The zero-order valence-electron chi connectivity index (χ0n) is 8.07. The molecular formula is C9H16N2O2S. The van der Waals surface area contributed by atoms with Gasteiger partial charge in [-0.2, -0.15) is 0 Å². The van der Waals surface area contributed by atoms with Crippen molar-refractivity contribution in [3.05, 3.63) is 12.7 Å². The molecule has 0 bridgehead atoms. The van der Waals surface area contributed by atoms with Crippen molar-refractivity contribution in [1.29, 1.82) is 0 Å². The van der Waals surface area contributed by atoms with Gasteiger partial charge in [-0.15, -0.1) is 6.58 Å². The van der Waals surface area contributed by atoms with Crippen molar-refractivity contribution in [2.75, 3.05) is 18.8 Å². The van der Waals surface area contributed by atoms with Gasteiger partial charge >= 0.3 is 0 Å². The lowest BCUT2D eigenvalue weighted by Crippen LogP contribution is -2.33.